The number of hydrogen-bond donors (Lipinski definition) is 1. The van der Waals surface area contributed by atoms with Gasteiger partial charge in [-0.15, -0.1) is 0 Å². The van der Waals surface area contributed by atoms with Crippen molar-refractivity contribution in [2.75, 3.05) is 7.11 Å². The summed E-state index contributed by atoms with van der Waals surface area (Å²) in [6.45, 7) is 6.14. The van der Waals surface area contributed by atoms with E-state index in [1.165, 1.54) is 12.8 Å². The minimum atomic E-state index is -0.395. The van der Waals surface area contributed by atoms with Crippen LogP contribution in [0.15, 0.2) is 24.3 Å². The Bertz CT molecular complexity index is 531. The molecule has 4 heteroatoms. The highest BCUT2D eigenvalue weighted by Crippen LogP contribution is 2.26. The van der Waals surface area contributed by atoms with Gasteiger partial charge in [-0.25, -0.2) is 0 Å². The summed E-state index contributed by atoms with van der Waals surface area (Å²) >= 11 is 0. The Morgan fingerprint density at radius 1 is 1.33 bits per heavy atom. The van der Waals surface area contributed by atoms with Gasteiger partial charge in [-0.05, 0) is 56.7 Å². The second-order valence-electron chi connectivity index (χ2n) is 7.14. The average molecular weight is 333 g/mol. The van der Waals surface area contributed by atoms with Gasteiger partial charge in [0.15, 0.2) is 0 Å². The molecule has 1 aliphatic carbocycles. The van der Waals surface area contributed by atoms with Crippen LogP contribution in [0.2, 0.25) is 0 Å². The van der Waals surface area contributed by atoms with Crippen molar-refractivity contribution in [1.82, 2.24) is 5.32 Å². The molecule has 0 heterocycles. The van der Waals surface area contributed by atoms with E-state index >= 15 is 0 Å². The maximum absolute atomic E-state index is 12.4. The van der Waals surface area contributed by atoms with Crippen molar-refractivity contribution in [2.24, 2.45) is 5.92 Å². The third-order valence-electron chi connectivity index (χ3n) is 4.72. The van der Waals surface area contributed by atoms with Crippen LogP contribution in [-0.2, 0) is 16.0 Å². The van der Waals surface area contributed by atoms with Crippen LogP contribution in [0.3, 0.4) is 0 Å². The van der Waals surface area contributed by atoms with Crippen molar-refractivity contribution in [3.05, 3.63) is 29.8 Å². The van der Waals surface area contributed by atoms with Gasteiger partial charge in [0.25, 0.3) is 0 Å². The lowest BCUT2D eigenvalue weighted by molar-refractivity contribution is -0.137. The topological polar surface area (TPSA) is 47.6 Å². The van der Waals surface area contributed by atoms with Gasteiger partial charge in [-0.3, -0.25) is 4.79 Å². The number of carbonyl (C=O) groups is 1. The summed E-state index contributed by atoms with van der Waals surface area (Å²) in [5.41, 5.74) is 1.15. The molecule has 0 spiro atoms. The van der Waals surface area contributed by atoms with E-state index in [1.54, 1.807) is 7.11 Å². The number of methoxy groups -OCH3 is 1. The highest BCUT2D eigenvalue weighted by molar-refractivity contribution is 5.80. The van der Waals surface area contributed by atoms with Crippen LogP contribution in [-0.4, -0.2) is 31.3 Å². The maximum Gasteiger partial charge on any atom is 0.249 e. The van der Waals surface area contributed by atoms with E-state index in [1.807, 2.05) is 32.0 Å². The van der Waals surface area contributed by atoms with Gasteiger partial charge in [0.2, 0.25) is 5.91 Å². The number of nitrogens with one attached hydrogen (secondary N) is 1. The van der Waals surface area contributed by atoms with Crippen LogP contribution in [0, 0.1) is 5.92 Å². The monoisotopic (exact) mass is 333 g/mol. The van der Waals surface area contributed by atoms with Crippen LogP contribution in [0.25, 0.3) is 0 Å². The van der Waals surface area contributed by atoms with Crippen molar-refractivity contribution in [2.45, 2.75) is 71.1 Å². The molecule has 1 aromatic carbocycles. The molecule has 4 nitrogen and oxygen atoms in total. The van der Waals surface area contributed by atoms with E-state index in [0.717, 1.165) is 30.6 Å². The van der Waals surface area contributed by atoms with E-state index < -0.39 is 6.10 Å². The molecule has 1 aliphatic rings. The molecule has 1 N–H and O–H groups in total. The molecular weight excluding hydrogens is 302 g/mol. The van der Waals surface area contributed by atoms with Gasteiger partial charge >= 0.3 is 0 Å². The lowest BCUT2D eigenvalue weighted by atomic mass is 9.88. The summed E-state index contributed by atoms with van der Waals surface area (Å²) in [6, 6.07) is 8.01. The fourth-order valence-electron chi connectivity index (χ4n) is 3.42. The fourth-order valence-corrected chi connectivity index (χ4v) is 3.42. The molecule has 4 atom stereocenters. The van der Waals surface area contributed by atoms with E-state index in [0.29, 0.717) is 5.92 Å². The predicted molar refractivity (Wildman–Crippen MR) is 96.3 cm³/mol. The van der Waals surface area contributed by atoms with Crippen LogP contribution in [0.4, 0.5) is 0 Å². The first-order valence-corrected chi connectivity index (χ1v) is 9.06. The SMILES string of the molecule is COc1cccc(CC(C)NC(=O)C(C)OC2CCCC(C)C2)c1. The quantitative estimate of drug-likeness (QED) is 0.827. The lowest BCUT2D eigenvalue weighted by Crippen LogP contribution is -2.42. The first-order valence-electron chi connectivity index (χ1n) is 9.06. The van der Waals surface area contributed by atoms with Gasteiger partial charge in [-0.2, -0.15) is 0 Å². The molecule has 0 radical (unpaired) electrons. The molecule has 0 aliphatic heterocycles. The highest BCUT2D eigenvalue weighted by atomic mass is 16.5. The highest BCUT2D eigenvalue weighted by Gasteiger charge is 2.24. The molecule has 1 saturated carbocycles. The Kier molecular flexibility index (Phi) is 7.10. The molecule has 1 aromatic rings. The number of carbonyl (C=O) groups excluding carboxylic acids is 1. The van der Waals surface area contributed by atoms with Crippen molar-refractivity contribution in [1.29, 1.82) is 0 Å². The minimum absolute atomic E-state index is 0.0244. The number of benzene rings is 1. The van der Waals surface area contributed by atoms with E-state index in [4.69, 9.17) is 9.47 Å². The van der Waals surface area contributed by atoms with Crippen LogP contribution >= 0.6 is 0 Å². The first kappa shape index (κ1) is 18.8. The summed E-state index contributed by atoms with van der Waals surface area (Å²) in [7, 11) is 1.66. The number of hydrogen-bond acceptors (Lipinski definition) is 3. The minimum Gasteiger partial charge on any atom is -0.497 e. The molecule has 1 fully saturated rings. The van der Waals surface area contributed by atoms with Crippen molar-refractivity contribution >= 4 is 5.91 Å². The Morgan fingerprint density at radius 2 is 2.12 bits per heavy atom. The van der Waals surface area contributed by atoms with E-state index in [2.05, 4.69) is 18.3 Å². The van der Waals surface area contributed by atoms with Gasteiger partial charge in [0, 0.05) is 6.04 Å². The standard InChI is InChI=1S/C20H31NO3/c1-14-7-5-10-19(11-14)24-16(3)20(22)21-15(2)12-17-8-6-9-18(13-17)23-4/h6,8-9,13-16,19H,5,7,10-12H2,1-4H3,(H,21,22). The van der Waals surface area contributed by atoms with Gasteiger partial charge < -0.3 is 14.8 Å². The molecule has 24 heavy (non-hydrogen) atoms. The molecular formula is C20H31NO3. The fraction of sp³-hybridized carbons (Fsp3) is 0.650. The first-order chi connectivity index (χ1) is 11.5. The smallest absolute Gasteiger partial charge is 0.249 e. The van der Waals surface area contributed by atoms with Crippen LogP contribution in [0.5, 0.6) is 5.75 Å². The lowest BCUT2D eigenvalue weighted by Gasteiger charge is -2.29. The van der Waals surface area contributed by atoms with Gasteiger partial charge in [0.05, 0.1) is 13.2 Å². The van der Waals surface area contributed by atoms with Crippen molar-refractivity contribution in [3.63, 3.8) is 0 Å². The Morgan fingerprint density at radius 3 is 2.83 bits per heavy atom. The van der Waals surface area contributed by atoms with Crippen molar-refractivity contribution < 1.29 is 14.3 Å². The zero-order valence-electron chi connectivity index (χ0n) is 15.4. The Hall–Kier alpha value is -1.55. The third kappa shape index (κ3) is 5.82. The number of ether oxygens (including phenoxy) is 2. The molecule has 134 valence electrons. The van der Waals surface area contributed by atoms with Crippen LogP contribution in [0.1, 0.15) is 52.0 Å². The summed E-state index contributed by atoms with van der Waals surface area (Å²) in [6.07, 6.45) is 5.22. The zero-order valence-corrected chi connectivity index (χ0v) is 15.4. The number of rotatable bonds is 7. The van der Waals surface area contributed by atoms with Gasteiger partial charge in [0.1, 0.15) is 11.9 Å². The molecule has 0 bridgehead atoms. The van der Waals surface area contributed by atoms with Crippen LogP contribution < -0.4 is 10.1 Å². The molecule has 4 unspecified atom stereocenters. The van der Waals surface area contributed by atoms with E-state index in [9.17, 15) is 4.79 Å². The molecule has 0 saturated heterocycles. The third-order valence-corrected chi connectivity index (χ3v) is 4.72. The summed E-state index contributed by atoms with van der Waals surface area (Å²) in [4.78, 5) is 12.4. The summed E-state index contributed by atoms with van der Waals surface area (Å²) < 4.78 is 11.2. The summed E-state index contributed by atoms with van der Waals surface area (Å²) in [5.74, 6) is 1.52. The maximum atomic E-state index is 12.4. The van der Waals surface area contributed by atoms with Gasteiger partial charge in [-0.1, -0.05) is 31.9 Å². The molecule has 1 amide bonds. The zero-order chi connectivity index (χ0) is 17.5. The largest absolute Gasteiger partial charge is 0.497 e. The molecule has 2 rings (SSSR count). The second-order valence-corrected chi connectivity index (χ2v) is 7.14. The number of amides is 1. The summed E-state index contributed by atoms with van der Waals surface area (Å²) in [5, 5.41) is 3.06. The normalized spacial score (nSPS) is 23.3. The van der Waals surface area contributed by atoms with Crippen molar-refractivity contribution in [3.8, 4) is 5.75 Å². The van der Waals surface area contributed by atoms with E-state index in [-0.39, 0.29) is 18.1 Å². The predicted octanol–water partition coefficient (Wildman–Crippen LogP) is 3.73. The Labute approximate surface area is 145 Å². The average Bonchev–Trinajstić information content (AvgIpc) is 2.54. The molecule has 0 aromatic heterocycles. The second kappa shape index (κ2) is 9.07. The Balaban J connectivity index is 1.79.